The van der Waals surface area contributed by atoms with E-state index in [1.807, 2.05) is 49.4 Å². The molecule has 6 heteroatoms. The molecular formula is C24H32N2O3S. The predicted molar refractivity (Wildman–Crippen MR) is 120 cm³/mol. The van der Waals surface area contributed by atoms with Gasteiger partial charge in [-0.15, -0.1) is 0 Å². The Morgan fingerprint density at radius 2 is 1.57 bits per heavy atom. The first-order chi connectivity index (χ1) is 14.0. The fraction of sp³-hybridized carbons (Fsp3) is 0.458. The van der Waals surface area contributed by atoms with Gasteiger partial charge in [-0.1, -0.05) is 70.2 Å². The lowest BCUT2D eigenvalue weighted by Gasteiger charge is -2.37. The summed E-state index contributed by atoms with van der Waals surface area (Å²) in [6.45, 7) is 9.41. The van der Waals surface area contributed by atoms with Crippen molar-refractivity contribution in [1.82, 2.24) is 9.62 Å². The van der Waals surface area contributed by atoms with Crippen molar-refractivity contribution in [2.45, 2.75) is 57.4 Å². The fourth-order valence-corrected chi connectivity index (χ4v) is 5.16. The summed E-state index contributed by atoms with van der Waals surface area (Å²) in [6.07, 6.45) is 1.01. The number of amides is 1. The number of hydrogen-bond donors (Lipinski definition) is 1. The summed E-state index contributed by atoms with van der Waals surface area (Å²) in [7, 11) is -3.55. The van der Waals surface area contributed by atoms with Crippen LogP contribution in [-0.4, -0.2) is 31.7 Å². The van der Waals surface area contributed by atoms with Gasteiger partial charge >= 0.3 is 0 Å². The van der Waals surface area contributed by atoms with Crippen LogP contribution in [0.4, 0.5) is 0 Å². The van der Waals surface area contributed by atoms with Crippen LogP contribution in [0.2, 0.25) is 0 Å². The highest BCUT2D eigenvalue weighted by Gasteiger charge is 2.40. The number of hydrogen-bond acceptors (Lipinski definition) is 3. The monoisotopic (exact) mass is 428 g/mol. The van der Waals surface area contributed by atoms with E-state index in [0.717, 1.165) is 11.1 Å². The summed E-state index contributed by atoms with van der Waals surface area (Å²) < 4.78 is 27.6. The van der Waals surface area contributed by atoms with Gasteiger partial charge in [-0.2, -0.15) is 4.31 Å². The fourth-order valence-electron chi connectivity index (χ4n) is 3.71. The summed E-state index contributed by atoms with van der Waals surface area (Å²) in [5.74, 6) is -0.0158. The summed E-state index contributed by atoms with van der Waals surface area (Å²) in [4.78, 5) is 13.1. The van der Waals surface area contributed by atoms with Gasteiger partial charge in [-0.25, -0.2) is 8.42 Å². The largest absolute Gasteiger partial charge is 0.352 e. The average Bonchev–Trinajstić information content (AvgIpc) is 2.72. The lowest BCUT2D eigenvalue weighted by molar-refractivity contribution is -0.132. The topological polar surface area (TPSA) is 66.5 Å². The highest BCUT2D eigenvalue weighted by Crippen LogP contribution is 2.34. The molecule has 1 amide bonds. The second-order valence-corrected chi connectivity index (χ2v) is 11.3. The molecule has 2 aromatic carbocycles. The maximum Gasteiger partial charge on any atom is 0.243 e. The molecule has 1 heterocycles. The molecule has 2 aromatic rings. The molecule has 0 aromatic heterocycles. The van der Waals surface area contributed by atoms with Gasteiger partial charge < -0.3 is 5.32 Å². The number of nitrogens with one attached hydrogen (secondary N) is 1. The molecule has 0 saturated carbocycles. The van der Waals surface area contributed by atoms with E-state index in [2.05, 4.69) is 26.1 Å². The number of rotatable bonds is 5. The van der Waals surface area contributed by atoms with E-state index in [1.54, 1.807) is 12.1 Å². The SMILES string of the molecule is CC1(C(=O)NCc2ccccc2)CCN(S(=O)(=O)c2ccc(C(C)(C)C)cc2)CC1. The minimum absolute atomic E-state index is 0.0158. The maximum atomic E-state index is 13.1. The van der Waals surface area contributed by atoms with Crippen LogP contribution in [0.1, 0.15) is 51.7 Å². The second kappa shape index (κ2) is 8.52. The molecule has 0 radical (unpaired) electrons. The number of sulfonamides is 1. The number of nitrogens with zero attached hydrogens (tertiary/aromatic N) is 1. The molecule has 0 aliphatic carbocycles. The first-order valence-electron chi connectivity index (χ1n) is 10.5. The van der Waals surface area contributed by atoms with E-state index in [4.69, 9.17) is 0 Å². The van der Waals surface area contributed by atoms with Gasteiger partial charge in [0.1, 0.15) is 0 Å². The highest BCUT2D eigenvalue weighted by molar-refractivity contribution is 7.89. The Morgan fingerprint density at radius 3 is 2.10 bits per heavy atom. The molecule has 162 valence electrons. The van der Waals surface area contributed by atoms with E-state index in [1.165, 1.54) is 4.31 Å². The average molecular weight is 429 g/mol. The number of piperidine rings is 1. The van der Waals surface area contributed by atoms with Crippen LogP contribution in [0, 0.1) is 5.41 Å². The van der Waals surface area contributed by atoms with Gasteiger partial charge in [0.25, 0.3) is 0 Å². The highest BCUT2D eigenvalue weighted by atomic mass is 32.2. The summed E-state index contributed by atoms with van der Waals surface area (Å²) in [5.41, 5.74) is 1.56. The lowest BCUT2D eigenvalue weighted by atomic mass is 9.80. The maximum absolute atomic E-state index is 13.1. The van der Waals surface area contributed by atoms with Gasteiger partial charge in [0, 0.05) is 25.0 Å². The van der Waals surface area contributed by atoms with Crippen LogP contribution in [0.15, 0.2) is 59.5 Å². The molecule has 3 rings (SSSR count). The van der Waals surface area contributed by atoms with E-state index < -0.39 is 15.4 Å². The second-order valence-electron chi connectivity index (χ2n) is 9.41. The van der Waals surface area contributed by atoms with Crippen LogP contribution >= 0.6 is 0 Å². The van der Waals surface area contributed by atoms with Gasteiger partial charge in [0.2, 0.25) is 15.9 Å². The Kier molecular flexibility index (Phi) is 6.39. The quantitative estimate of drug-likeness (QED) is 0.780. The predicted octanol–water partition coefficient (Wildman–Crippen LogP) is 4.09. The lowest BCUT2D eigenvalue weighted by Crippen LogP contribution is -2.48. The third kappa shape index (κ3) is 4.93. The number of carbonyl (C=O) groups is 1. The molecule has 0 spiro atoms. The molecule has 1 aliphatic rings. The Bertz CT molecular complexity index is 969. The molecule has 5 nitrogen and oxygen atoms in total. The molecule has 0 unspecified atom stereocenters. The standard InChI is InChI=1S/C24H32N2O3S/c1-23(2,3)20-10-12-21(13-11-20)30(28,29)26-16-14-24(4,15-17-26)22(27)25-18-19-8-6-5-7-9-19/h5-13H,14-18H2,1-4H3,(H,25,27). The molecule has 1 aliphatic heterocycles. The Hall–Kier alpha value is -2.18. The summed E-state index contributed by atoms with van der Waals surface area (Å²) in [6, 6.07) is 16.9. The molecular weight excluding hydrogens is 396 g/mol. The summed E-state index contributed by atoms with van der Waals surface area (Å²) >= 11 is 0. The van der Waals surface area contributed by atoms with Crippen LogP contribution in [-0.2, 0) is 26.8 Å². The van der Waals surface area contributed by atoms with Crippen LogP contribution in [0.5, 0.6) is 0 Å². The van der Waals surface area contributed by atoms with Crippen LogP contribution in [0.3, 0.4) is 0 Å². The first kappa shape index (κ1) is 22.5. The zero-order valence-corrected chi connectivity index (χ0v) is 19.1. The third-order valence-electron chi connectivity index (χ3n) is 6.03. The Balaban J connectivity index is 1.62. The summed E-state index contributed by atoms with van der Waals surface area (Å²) in [5, 5.41) is 3.01. The smallest absolute Gasteiger partial charge is 0.243 e. The zero-order chi connectivity index (χ0) is 22.0. The number of benzene rings is 2. The molecule has 0 atom stereocenters. The van der Waals surface area contributed by atoms with Crippen molar-refractivity contribution in [3.05, 3.63) is 65.7 Å². The molecule has 0 bridgehead atoms. The number of carbonyl (C=O) groups excluding carboxylic acids is 1. The van der Waals surface area contributed by atoms with Crippen molar-refractivity contribution in [2.75, 3.05) is 13.1 Å². The normalized spacial score (nSPS) is 17.5. The van der Waals surface area contributed by atoms with Gasteiger partial charge in [0.15, 0.2) is 0 Å². The molecule has 30 heavy (non-hydrogen) atoms. The van der Waals surface area contributed by atoms with Gasteiger partial charge in [-0.05, 0) is 41.5 Å². The molecule has 1 fully saturated rings. The Labute approximate surface area is 180 Å². The van der Waals surface area contributed by atoms with Gasteiger partial charge in [-0.3, -0.25) is 4.79 Å². The minimum atomic E-state index is -3.55. The van der Waals surface area contributed by atoms with Crippen molar-refractivity contribution < 1.29 is 13.2 Å². The first-order valence-corrected chi connectivity index (χ1v) is 11.9. The molecule has 1 saturated heterocycles. The van der Waals surface area contributed by atoms with E-state index in [9.17, 15) is 13.2 Å². The van der Waals surface area contributed by atoms with Crippen molar-refractivity contribution in [2.24, 2.45) is 5.41 Å². The van der Waals surface area contributed by atoms with Crippen LogP contribution < -0.4 is 5.32 Å². The van der Waals surface area contributed by atoms with E-state index in [0.29, 0.717) is 37.4 Å². The van der Waals surface area contributed by atoms with E-state index in [-0.39, 0.29) is 11.3 Å². The minimum Gasteiger partial charge on any atom is -0.352 e. The third-order valence-corrected chi connectivity index (χ3v) is 7.94. The zero-order valence-electron chi connectivity index (χ0n) is 18.3. The van der Waals surface area contributed by atoms with Crippen molar-refractivity contribution in [1.29, 1.82) is 0 Å². The molecule has 1 N–H and O–H groups in total. The van der Waals surface area contributed by atoms with E-state index >= 15 is 0 Å². The van der Waals surface area contributed by atoms with Gasteiger partial charge in [0.05, 0.1) is 4.90 Å². The van der Waals surface area contributed by atoms with Crippen LogP contribution in [0.25, 0.3) is 0 Å². The van der Waals surface area contributed by atoms with Crippen molar-refractivity contribution in [3.63, 3.8) is 0 Å². The van der Waals surface area contributed by atoms with Crippen molar-refractivity contribution in [3.8, 4) is 0 Å². The van der Waals surface area contributed by atoms with Crippen molar-refractivity contribution >= 4 is 15.9 Å². The Morgan fingerprint density at radius 1 is 1.00 bits per heavy atom.